The summed E-state index contributed by atoms with van der Waals surface area (Å²) < 4.78 is 0. The number of amides is 1. The lowest BCUT2D eigenvalue weighted by Gasteiger charge is -2.20. The Morgan fingerprint density at radius 2 is 2.04 bits per heavy atom. The van der Waals surface area contributed by atoms with Gasteiger partial charge in [0.25, 0.3) is 0 Å². The molecule has 2 aromatic heterocycles. The summed E-state index contributed by atoms with van der Waals surface area (Å²) in [6.07, 6.45) is 0. The number of anilines is 1. The summed E-state index contributed by atoms with van der Waals surface area (Å²) in [5.41, 5.74) is 1.01. The number of hydrogen-bond acceptors (Lipinski definition) is 3. The fourth-order valence-corrected chi connectivity index (χ4v) is 2.96. The second kappa shape index (κ2) is 6.49. The Hall–Kier alpha value is -2.60. The number of carbonyl (C=O) groups excluding carboxylic acids is 1. The summed E-state index contributed by atoms with van der Waals surface area (Å²) in [5.74, 6) is 0.0187. The van der Waals surface area contributed by atoms with Crippen molar-refractivity contribution in [2.75, 3.05) is 5.32 Å². The minimum absolute atomic E-state index is 0.0810. The molecule has 0 radical (unpaired) electrons. The van der Waals surface area contributed by atoms with Crippen LogP contribution in [0.15, 0.2) is 41.2 Å². The van der Waals surface area contributed by atoms with Gasteiger partial charge in [0.1, 0.15) is 5.82 Å². The first-order valence-electron chi connectivity index (χ1n) is 7.59. The SMILES string of the molecule is CC(C)C(C(=O)Nc1[nH]nc2[nH]c(=O)ccc12)c1cccc(Cl)c1. The quantitative estimate of drug-likeness (QED) is 0.678. The average molecular weight is 345 g/mol. The molecule has 1 amide bonds. The van der Waals surface area contributed by atoms with E-state index in [0.717, 1.165) is 5.56 Å². The Balaban J connectivity index is 1.92. The number of benzene rings is 1. The van der Waals surface area contributed by atoms with E-state index in [-0.39, 0.29) is 23.3 Å². The van der Waals surface area contributed by atoms with E-state index in [0.29, 0.717) is 21.9 Å². The Morgan fingerprint density at radius 3 is 2.75 bits per heavy atom. The predicted molar refractivity (Wildman–Crippen MR) is 94.4 cm³/mol. The van der Waals surface area contributed by atoms with E-state index < -0.39 is 0 Å². The second-order valence-corrected chi connectivity index (χ2v) is 6.39. The fourth-order valence-electron chi connectivity index (χ4n) is 2.76. The third-order valence-corrected chi connectivity index (χ3v) is 4.09. The highest BCUT2D eigenvalue weighted by atomic mass is 35.5. The van der Waals surface area contributed by atoms with E-state index in [1.807, 2.05) is 26.0 Å². The zero-order valence-corrected chi connectivity index (χ0v) is 14.0. The number of H-pyrrole nitrogens is 2. The van der Waals surface area contributed by atoms with Crippen molar-refractivity contribution >= 4 is 34.4 Å². The zero-order valence-electron chi connectivity index (χ0n) is 13.3. The highest BCUT2D eigenvalue weighted by Gasteiger charge is 2.25. The molecule has 1 atom stereocenters. The molecule has 0 saturated carbocycles. The van der Waals surface area contributed by atoms with E-state index in [4.69, 9.17) is 11.6 Å². The summed E-state index contributed by atoms with van der Waals surface area (Å²) in [5, 5.41) is 10.9. The maximum Gasteiger partial charge on any atom is 0.249 e. The van der Waals surface area contributed by atoms with Crippen molar-refractivity contribution < 1.29 is 4.79 Å². The standard InChI is InChI=1S/C17H17ClN4O2/c1-9(2)14(10-4-3-5-11(18)8-10)17(24)20-16-12-6-7-13(23)19-15(12)21-22-16/h3-9,14H,1-2H3,(H3,19,20,21,22,23,24). The van der Waals surface area contributed by atoms with Gasteiger partial charge < -0.3 is 10.3 Å². The molecule has 2 heterocycles. The zero-order chi connectivity index (χ0) is 17.3. The molecule has 0 aliphatic rings. The number of aromatic nitrogens is 3. The van der Waals surface area contributed by atoms with Gasteiger partial charge in [0.15, 0.2) is 5.65 Å². The van der Waals surface area contributed by atoms with E-state index in [1.165, 1.54) is 6.07 Å². The molecular weight excluding hydrogens is 328 g/mol. The molecule has 3 N–H and O–H groups in total. The van der Waals surface area contributed by atoms with Gasteiger partial charge in [0, 0.05) is 11.1 Å². The van der Waals surface area contributed by atoms with Crippen molar-refractivity contribution in [3.05, 3.63) is 57.3 Å². The number of nitrogens with one attached hydrogen (secondary N) is 3. The Morgan fingerprint density at radius 1 is 1.25 bits per heavy atom. The first-order chi connectivity index (χ1) is 11.5. The highest BCUT2D eigenvalue weighted by molar-refractivity contribution is 6.30. The minimum atomic E-state index is -0.357. The van der Waals surface area contributed by atoms with Crippen LogP contribution in [0.2, 0.25) is 5.02 Å². The van der Waals surface area contributed by atoms with Gasteiger partial charge in [-0.3, -0.25) is 14.7 Å². The molecule has 1 unspecified atom stereocenters. The third kappa shape index (κ3) is 3.19. The molecule has 0 bridgehead atoms. The van der Waals surface area contributed by atoms with E-state index in [1.54, 1.807) is 18.2 Å². The van der Waals surface area contributed by atoms with Crippen molar-refractivity contribution in [2.24, 2.45) is 5.92 Å². The third-order valence-electron chi connectivity index (χ3n) is 3.85. The van der Waals surface area contributed by atoms with Crippen LogP contribution < -0.4 is 10.9 Å². The highest BCUT2D eigenvalue weighted by Crippen LogP contribution is 2.28. The van der Waals surface area contributed by atoms with Gasteiger partial charge in [0.05, 0.1) is 11.3 Å². The Bertz CT molecular complexity index is 945. The van der Waals surface area contributed by atoms with E-state index >= 15 is 0 Å². The van der Waals surface area contributed by atoms with Gasteiger partial charge in [-0.2, -0.15) is 5.10 Å². The molecule has 6 nitrogen and oxygen atoms in total. The molecule has 24 heavy (non-hydrogen) atoms. The van der Waals surface area contributed by atoms with Crippen LogP contribution in [-0.2, 0) is 4.79 Å². The van der Waals surface area contributed by atoms with Crippen molar-refractivity contribution in [2.45, 2.75) is 19.8 Å². The van der Waals surface area contributed by atoms with Crippen molar-refractivity contribution in [1.82, 2.24) is 15.2 Å². The molecule has 3 rings (SSSR count). The van der Waals surface area contributed by atoms with E-state index in [9.17, 15) is 9.59 Å². The summed E-state index contributed by atoms with van der Waals surface area (Å²) in [4.78, 5) is 26.7. The molecule has 0 saturated heterocycles. The molecule has 0 aliphatic heterocycles. The predicted octanol–water partition coefficient (Wildman–Crippen LogP) is 3.28. The molecule has 7 heteroatoms. The first kappa shape index (κ1) is 16.3. The van der Waals surface area contributed by atoms with Gasteiger partial charge in [-0.05, 0) is 29.7 Å². The molecule has 0 spiro atoms. The van der Waals surface area contributed by atoms with Crippen LogP contribution in [0, 0.1) is 5.92 Å². The van der Waals surface area contributed by atoms with Gasteiger partial charge in [0.2, 0.25) is 11.5 Å². The molecule has 0 fully saturated rings. The summed E-state index contributed by atoms with van der Waals surface area (Å²) >= 11 is 6.05. The summed E-state index contributed by atoms with van der Waals surface area (Å²) in [7, 11) is 0. The molecule has 3 aromatic rings. The molecular formula is C17H17ClN4O2. The van der Waals surface area contributed by atoms with Crippen molar-refractivity contribution in [3.8, 4) is 0 Å². The van der Waals surface area contributed by atoms with Crippen LogP contribution in [0.4, 0.5) is 5.82 Å². The number of halogens is 1. The topological polar surface area (TPSA) is 90.6 Å². The van der Waals surface area contributed by atoms with Crippen LogP contribution in [0.5, 0.6) is 0 Å². The smallest absolute Gasteiger partial charge is 0.249 e. The monoisotopic (exact) mass is 344 g/mol. The van der Waals surface area contributed by atoms with Gasteiger partial charge in [-0.25, -0.2) is 0 Å². The van der Waals surface area contributed by atoms with Gasteiger partial charge in [-0.1, -0.05) is 37.6 Å². The lowest BCUT2D eigenvalue weighted by molar-refractivity contribution is -0.118. The number of pyridine rings is 1. The van der Waals surface area contributed by atoms with Crippen LogP contribution >= 0.6 is 11.6 Å². The number of carbonyl (C=O) groups is 1. The number of nitrogens with zero attached hydrogens (tertiary/aromatic N) is 1. The van der Waals surface area contributed by atoms with Gasteiger partial charge in [-0.15, -0.1) is 0 Å². The normalized spacial score (nSPS) is 12.5. The molecule has 1 aromatic carbocycles. The number of rotatable bonds is 4. The lowest BCUT2D eigenvalue weighted by Crippen LogP contribution is -2.25. The molecule has 124 valence electrons. The molecule has 0 aliphatic carbocycles. The number of hydrogen-bond donors (Lipinski definition) is 3. The summed E-state index contributed by atoms with van der Waals surface area (Å²) in [6.45, 7) is 3.96. The largest absolute Gasteiger partial charge is 0.310 e. The Kier molecular flexibility index (Phi) is 4.40. The van der Waals surface area contributed by atoms with Crippen molar-refractivity contribution in [3.63, 3.8) is 0 Å². The maximum absolute atomic E-state index is 12.8. The Labute approximate surface area is 143 Å². The van der Waals surface area contributed by atoms with Gasteiger partial charge >= 0.3 is 0 Å². The first-order valence-corrected chi connectivity index (χ1v) is 7.97. The average Bonchev–Trinajstić information content (AvgIpc) is 2.89. The minimum Gasteiger partial charge on any atom is -0.310 e. The number of aromatic amines is 2. The van der Waals surface area contributed by atoms with Crippen LogP contribution in [-0.4, -0.2) is 21.1 Å². The lowest BCUT2D eigenvalue weighted by atomic mass is 9.87. The summed E-state index contributed by atoms with van der Waals surface area (Å²) in [6, 6.07) is 10.3. The van der Waals surface area contributed by atoms with E-state index in [2.05, 4.69) is 20.5 Å². The number of fused-ring (bicyclic) bond motifs is 1. The van der Waals surface area contributed by atoms with Crippen molar-refractivity contribution in [1.29, 1.82) is 0 Å². The second-order valence-electron chi connectivity index (χ2n) is 5.95. The van der Waals surface area contributed by atoms with Crippen LogP contribution in [0.25, 0.3) is 11.0 Å². The van der Waals surface area contributed by atoms with Crippen LogP contribution in [0.3, 0.4) is 0 Å². The van der Waals surface area contributed by atoms with Crippen LogP contribution in [0.1, 0.15) is 25.3 Å². The maximum atomic E-state index is 12.8. The fraction of sp³-hybridized carbons (Fsp3) is 0.235.